The zero-order valence-corrected chi connectivity index (χ0v) is 70.0. The van der Waals surface area contributed by atoms with Crippen molar-refractivity contribution >= 4 is 86.7 Å². The van der Waals surface area contributed by atoms with Crippen molar-refractivity contribution in [3.05, 3.63) is 366 Å². The summed E-state index contributed by atoms with van der Waals surface area (Å²) in [6.45, 7) is 17.2. The van der Waals surface area contributed by atoms with Gasteiger partial charge in [0.1, 0.15) is 24.7 Å². The van der Waals surface area contributed by atoms with E-state index in [4.69, 9.17) is 16.0 Å². The topological polar surface area (TPSA) is 80.2 Å². The smallest absolute Gasteiger partial charge is 0.187 e. The van der Waals surface area contributed by atoms with Crippen LogP contribution in [0.4, 0.5) is 5.69 Å². The van der Waals surface area contributed by atoms with E-state index < -0.39 is 11.0 Å². The van der Waals surface area contributed by atoms with Gasteiger partial charge in [-0.2, -0.15) is 0 Å². The molecule has 18 rings (SSSR count). The van der Waals surface area contributed by atoms with Gasteiger partial charge in [-0.3, -0.25) is 9.59 Å². The minimum atomic E-state index is -0.905. The maximum atomic E-state index is 13.4. The average molecular weight is 1720 g/mol. The van der Waals surface area contributed by atoms with Gasteiger partial charge in [0, 0.05) is 73.7 Å². The number of Topliss-reactive ketones (excluding diaryl/α,β-unsaturated/α-hetero) is 2. The lowest BCUT2D eigenvalue weighted by Gasteiger charge is -2.51. The molecule has 562 valence electrons. The summed E-state index contributed by atoms with van der Waals surface area (Å²) in [6, 6.07) is 75.2. The van der Waals surface area contributed by atoms with E-state index in [-0.39, 0.29) is 22.5 Å². The lowest BCUT2D eigenvalue weighted by atomic mass is 9.53. The largest absolute Gasteiger partial charge is 0.498 e. The summed E-state index contributed by atoms with van der Waals surface area (Å²) in [6.07, 6.45) is 28.6. The number of allylic oxidation sites excluding steroid dienone is 8. The average Bonchev–Trinajstić information content (AvgIpc) is 0.722. The van der Waals surface area contributed by atoms with Gasteiger partial charge in [0.15, 0.2) is 11.4 Å². The molecule has 0 unspecified atom stereocenters. The highest BCUT2D eigenvalue weighted by Crippen LogP contribution is 2.54. The zero-order chi connectivity index (χ0) is 76.4. The summed E-state index contributed by atoms with van der Waals surface area (Å²) in [5.74, 6) is 3.06. The fraction of sp³-hybridized carbons (Fsp3) is 0.333. The van der Waals surface area contributed by atoms with E-state index >= 15 is 0 Å². The second kappa shape index (κ2) is 35.3. The molecule has 8 aliphatic carbocycles. The van der Waals surface area contributed by atoms with Gasteiger partial charge in [-0.05, 0) is 248 Å². The van der Waals surface area contributed by atoms with Gasteiger partial charge < -0.3 is 14.6 Å². The minimum absolute atomic E-state index is 0.0178. The van der Waals surface area contributed by atoms with Crippen molar-refractivity contribution < 1.29 is 28.7 Å². The van der Waals surface area contributed by atoms with E-state index in [1.807, 2.05) is 56.3 Å². The quantitative estimate of drug-likeness (QED) is 0.0974. The molecule has 1 N–H and O–H groups in total. The molecule has 1 aliphatic heterocycles. The highest BCUT2D eigenvalue weighted by atomic mass is 79.9. The van der Waals surface area contributed by atoms with E-state index in [2.05, 4.69) is 274 Å². The number of aryl methyl sites for hydroxylation is 2. The number of carbonyl (C=O) groups excluding carboxylic acids is 2. The Labute approximate surface area is 685 Å². The molecular formula is C99H99Br4N2O5+. The number of carbonyl (C=O) groups is 2. The Kier molecular flexibility index (Phi) is 25.2. The molecule has 11 heteroatoms. The number of fused-ring (bicyclic) bond motifs is 12. The van der Waals surface area contributed by atoms with Crippen LogP contribution in [0.15, 0.2) is 277 Å². The second-order valence-electron chi connectivity index (χ2n) is 31.5. The van der Waals surface area contributed by atoms with Crippen molar-refractivity contribution in [1.29, 1.82) is 0 Å². The number of nitrogens with zero attached hydrogens (tertiary/aromatic N) is 2. The molecule has 1 saturated carbocycles. The fourth-order valence-corrected chi connectivity index (χ4v) is 20.8. The second-order valence-corrected chi connectivity index (χ2v) is 35.1. The van der Waals surface area contributed by atoms with Crippen LogP contribution in [-0.4, -0.2) is 58.9 Å². The van der Waals surface area contributed by atoms with Gasteiger partial charge in [-0.1, -0.05) is 245 Å². The van der Waals surface area contributed by atoms with Gasteiger partial charge in [0.25, 0.3) is 0 Å². The van der Waals surface area contributed by atoms with Crippen LogP contribution in [0, 0.1) is 12.5 Å². The van der Waals surface area contributed by atoms with Crippen LogP contribution in [0.25, 0.3) is 4.85 Å². The van der Waals surface area contributed by atoms with E-state index in [0.717, 1.165) is 109 Å². The van der Waals surface area contributed by atoms with Gasteiger partial charge in [-0.25, -0.2) is 9.42 Å². The minimum Gasteiger partial charge on any atom is -0.498 e. The molecule has 9 aliphatic rings. The number of ether oxygens (including phenoxy) is 2. The van der Waals surface area contributed by atoms with E-state index in [9.17, 15) is 14.7 Å². The number of benzene rings is 9. The van der Waals surface area contributed by atoms with Gasteiger partial charge in [0.05, 0.1) is 54.2 Å². The summed E-state index contributed by atoms with van der Waals surface area (Å²) in [4.78, 5) is 28.1. The highest BCUT2D eigenvalue weighted by molar-refractivity contribution is 9.11. The molecule has 1 saturated heterocycles. The SMILES string of the molecule is Brc1ccc2c(c1)CCC(=[N+]1CCCC1)[C@@H]2Cc1ccccc1.CCOC1=CC2=CCc3cc(Br)ccc3[C@]2(Cc2ccccc2)CC1.C[C@@]1(O)CC[C@]2(Cc3ccccc3)C(=O)[C@H]1Cc1cc(Br)ccc12.O=C1CCc2cc(Br)ccc2C1.[C-]#[N+]c1ccc2c(c1)CC=C1C=C(OCC)CC[C@]12Cc1ccccc1. The number of rotatable bonds is 12. The monoisotopic (exact) mass is 1710 g/mol. The Morgan fingerprint density at radius 1 is 0.482 bits per heavy atom. The third kappa shape index (κ3) is 17.6. The molecule has 1 heterocycles. The van der Waals surface area contributed by atoms with Crippen LogP contribution in [0.1, 0.15) is 169 Å². The zero-order valence-electron chi connectivity index (χ0n) is 63.6. The summed E-state index contributed by atoms with van der Waals surface area (Å²) >= 11 is 14.3. The normalized spacial score (nSPS) is 22.8. The van der Waals surface area contributed by atoms with Gasteiger partial charge >= 0.3 is 0 Å². The maximum absolute atomic E-state index is 13.4. The first-order valence-electron chi connectivity index (χ1n) is 39.7. The Morgan fingerprint density at radius 2 is 0.945 bits per heavy atom. The summed E-state index contributed by atoms with van der Waals surface area (Å²) < 4.78 is 18.9. The number of hydrogen-bond donors (Lipinski definition) is 1. The van der Waals surface area contributed by atoms with Crippen LogP contribution in [0.5, 0.6) is 0 Å². The Hall–Kier alpha value is -8.08. The first-order chi connectivity index (χ1) is 53.4. The van der Waals surface area contributed by atoms with E-state index in [0.29, 0.717) is 50.2 Å². The van der Waals surface area contributed by atoms with Crippen LogP contribution in [0.3, 0.4) is 0 Å². The molecular weight excluding hydrogens is 1620 g/mol. The van der Waals surface area contributed by atoms with Crippen molar-refractivity contribution in [2.75, 3.05) is 26.3 Å². The number of aliphatic hydroxyl groups is 1. The lowest BCUT2D eigenvalue weighted by Crippen LogP contribution is -2.58. The molecule has 0 spiro atoms. The van der Waals surface area contributed by atoms with Crippen molar-refractivity contribution in [3.63, 3.8) is 0 Å². The summed E-state index contributed by atoms with van der Waals surface area (Å²) in [5.41, 5.74) is 22.8. The number of halogens is 4. The Balaban J connectivity index is 0.000000116. The summed E-state index contributed by atoms with van der Waals surface area (Å²) in [7, 11) is 0. The van der Waals surface area contributed by atoms with E-state index in [1.165, 1.54) is 126 Å². The third-order valence-electron chi connectivity index (χ3n) is 24.6. The van der Waals surface area contributed by atoms with Crippen LogP contribution >= 0.6 is 63.7 Å². The van der Waals surface area contributed by atoms with Gasteiger partial charge in [0.2, 0.25) is 0 Å². The molecule has 0 aromatic heterocycles. The first-order valence-corrected chi connectivity index (χ1v) is 42.9. The molecule has 0 amide bonds. The van der Waals surface area contributed by atoms with E-state index in [1.54, 1.807) is 11.3 Å². The number of ketones is 2. The predicted octanol–water partition coefficient (Wildman–Crippen LogP) is 23.7. The first kappa shape index (κ1) is 78.6. The molecule has 2 fully saturated rings. The third-order valence-corrected chi connectivity index (χ3v) is 26.6. The molecule has 7 nitrogen and oxygen atoms in total. The lowest BCUT2D eigenvalue weighted by molar-refractivity contribution is -0.509. The van der Waals surface area contributed by atoms with Crippen molar-refractivity contribution in [3.8, 4) is 0 Å². The Morgan fingerprint density at radius 3 is 1.49 bits per heavy atom. The molecule has 0 radical (unpaired) electrons. The molecule has 2 bridgehead atoms. The molecule has 9 aromatic rings. The molecule has 110 heavy (non-hydrogen) atoms. The van der Waals surface area contributed by atoms with Crippen molar-refractivity contribution in [2.45, 2.75) is 177 Å². The van der Waals surface area contributed by atoms with Crippen LogP contribution in [0.2, 0.25) is 0 Å². The molecule has 6 atom stereocenters. The van der Waals surface area contributed by atoms with Crippen molar-refractivity contribution in [2.24, 2.45) is 5.92 Å². The van der Waals surface area contributed by atoms with Gasteiger partial charge in [-0.15, -0.1) is 0 Å². The standard InChI is InChI=1S/C24H23NO.C23H23BrO.C21H23BrN.C21H21BrO2.C10H9BrO/c1-3-26-22-13-14-24(17-18-7-5-4-6-8-18)20(16-22)10-9-19-15-21(25-2)11-12-23(19)24;1-2-25-21-12-13-23(16-17-6-4-3-5-7-17)19(15-21)9-8-18-14-20(24)10-11-22(18)23;22-18-9-10-19-17(15-18)8-11-21(23-12-4-5-13-23)20(19)14-16-6-2-1-3-7-16;1-20(24)9-10-21(13-14-5-3-2-4-6-14)17-8-7-16(22)11-15(17)12-18(20)19(21)23;11-9-3-1-8-6-10(12)4-2-7(8)5-9/h4-8,10-12,15-16H,3,9,13-14,17H2,1H3;3-7,9-11,14-15H,2,8,12-13,16H2,1H3;1-3,6-7,9-10,15,20H,4-5,8,11-14H2;2-8,11,18,24H,9-10,12-13H2,1H3;1,3,5H,2,4,6H2/q;;+1;;/t24-;23-;20-;18-,20-,21-;/m0011./s1. The maximum Gasteiger partial charge on any atom is 0.187 e. The Bertz CT molecular complexity index is 5050. The highest BCUT2D eigenvalue weighted by Gasteiger charge is 2.57. The fourth-order valence-electron chi connectivity index (χ4n) is 19.2. The predicted molar refractivity (Wildman–Crippen MR) is 461 cm³/mol. The van der Waals surface area contributed by atoms with Crippen molar-refractivity contribution in [1.82, 2.24) is 0 Å². The number of hydrogen-bond acceptors (Lipinski definition) is 5. The van der Waals surface area contributed by atoms with Crippen LogP contribution < -0.4 is 0 Å². The van der Waals surface area contributed by atoms with Crippen LogP contribution in [-0.2, 0) is 99.5 Å². The molecule has 9 aromatic carbocycles. The summed E-state index contributed by atoms with van der Waals surface area (Å²) in [5, 5.41) is 10.8.